The summed E-state index contributed by atoms with van der Waals surface area (Å²) in [5.74, 6) is 0.00406. The molecule has 0 fully saturated rings. The molecule has 0 aliphatic rings. The molecule has 3 rings (SSSR count). The number of carbonyl (C=O) groups excluding carboxylic acids is 1. The Hall–Kier alpha value is -4.81. The lowest BCUT2D eigenvalue weighted by Gasteiger charge is -2.16. The van der Waals surface area contributed by atoms with E-state index in [2.05, 4.69) is 37.7 Å². The third-order valence-corrected chi connectivity index (χ3v) is 6.16. The number of carbonyl (C=O) groups is 1. The van der Waals surface area contributed by atoms with E-state index >= 15 is 0 Å². The van der Waals surface area contributed by atoms with Crippen molar-refractivity contribution in [3.05, 3.63) is 63.8 Å². The highest BCUT2D eigenvalue weighted by Gasteiger charge is 2.25. The third kappa shape index (κ3) is 8.34. The molecule has 0 saturated carbocycles. The molecule has 0 bridgehead atoms. The fourth-order valence-corrected chi connectivity index (χ4v) is 3.81. The lowest BCUT2D eigenvalue weighted by atomic mass is 9.91. The molecular weight excluding hydrogens is 528 g/mol. The first kappa shape index (κ1) is 30.7. The Morgan fingerprint density at radius 1 is 1.20 bits per heavy atom. The average molecular weight is 565 g/mol. The molecule has 0 aliphatic carbocycles. The van der Waals surface area contributed by atoms with Crippen LogP contribution in [0.3, 0.4) is 0 Å². The van der Waals surface area contributed by atoms with Crippen molar-refractivity contribution in [3.63, 3.8) is 0 Å². The summed E-state index contributed by atoms with van der Waals surface area (Å²) in [5.41, 5.74) is 7.48. The van der Waals surface area contributed by atoms with Crippen LogP contribution in [0.1, 0.15) is 71.6 Å². The number of aromatic nitrogens is 2. The Labute approximate surface area is 238 Å². The van der Waals surface area contributed by atoms with Crippen molar-refractivity contribution in [3.8, 4) is 5.75 Å². The standard InChI is InChI=1S/C28H36N8O5/c1-6-8-9-20(7-2)41-27(38)30-18-12-10-17(11-13-18)25(29)31-26-23(24(34-35-26)28(3,4)5)33-32-21-16-19(36(39)40)14-15-22(21)37/h10-16,20,37H,6-9H2,1-5H3,(H,30,38)(H3,29,31,34,35). The van der Waals surface area contributed by atoms with Gasteiger partial charge in [-0.25, -0.2) is 9.79 Å². The molecule has 3 aromatic rings. The molecule has 0 radical (unpaired) electrons. The molecule has 0 saturated heterocycles. The molecule has 13 nitrogen and oxygen atoms in total. The van der Waals surface area contributed by atoms with Crippen LogP contribution in [-0.2, 0) is 10.2 Å². The van der Waals surface area contributed by atoms with E-state index in [1.54, 1.807) is 24.3 Å². The minimum atomic E-state index is -0.591. The average Bonchev–Trinajstić information content (AvgIpc) is 3.33. The fourth-order valence-electron chi connectivity index (χ4n) is 3.81. The molecule has 41 heavy (non-hydrogen) atoms. The number of aromatic hydroxyl groups is 1. The van der Waals surface area contributed by atoms with Crippen LogP contribution >= 0.6 is 0 Å². The zero-order chi connectivity index (χ0) is 30.2. The van der Waals surface area contributed by atoms with Crippen molar-refractivity contribution in [2.75, 3.05) is 5.32 Å². The number of non-ortho nitro benzene ring substituents is 1. The van der Waals surface area contributed by atoms with Gasteiger partial charge in [0.2, 0.25) is 5.82 Å². The van der Waals surface area contributed by atoms with Crippen LogP contribution in [0.5, 0.6) is 5.75 Å². The predicted molar refractivity (Wildman–Crippen MR) is 157 cm³/mol. The highest BCUT2D eigenvalue weighted by molar-refractivity contribution is 6.00. The summed E-state index contributed by atoms with van der Waals surface area (Å²) >= 11 is 0. The van der Waals surface area contributed by atoms with E-state index in [4.69, 9.17) is 10.5 Å². The van der Waals surface area contributed by atoms with E-state index in [-0.39, 0.29) is 40.6 Å². The number of phenolic OH excluding ortho intramolecular Hbond substituents is 1. The number of anilines is 1. The molecule has 5 N–H and O–H groups in total. The van der Waals surface area contributed by atoms with Gasteiger partial charge in [-0.3, -0.25) is 20.5 Å². The van der Waals surface area contributed by atoms with Gasteiger partial charge in [0.15, 0.2) is 5.69 Å². The molecule has 1 atom stereocenters. The summed E-state index contributed by atoms with van der Waals surface area (Å²) in [4.78, 5) is 27.3. The number of H-pyrrole nitrogens is 1. The van der Waals surface area contributed by atoms with E-state index < -0.39 is 16.4 Å². The molecule has 2 aromatic carbocycles. The number of unbranched alkanes of at least 4 members (excludes halogenated alkanes) is 1. The number of phenols is 1. The minimum Gasteiger partial charge on any atom is -0.506 e. The lowest BCUT2D eigenvalue weighted by Crippen LogP contribution is -2.22. The Morgan fingerprint density at radius 3 is 2.51 bits per heavy atom. The number of aliphatic imine (C=N–C) groups is 1. The van der Waals surface area contributed by atoms with Gasteiger partial charge in [0.25, 0.3) is 5.69 Å². The van der Waals surface area contributed by atoms with Crippen molar-refractivity contribution < 1.29 is 19.6 Å². The molecule has 1 amide bonds. The maximum absolute atomic E-state index is 12.3. The summed E-state index contributed by atoms with van der Waals surface area (Å²) in [6.07, 6.45) is 2.96. The van der Waals surface area contributed by atoms with Gasteiger partial charge in [-0.15, -0.1) is 10.2 Å². The smallest absolute Gasteiger partial charge is 0.411 e. The number of aromatic amines is 1. The Kier molecular flexibility index (Phi) is 10.1. The summed E-state index contributed by atoms with van der Waals surface area (Å²) in [6, 6.07) is 10.2. The van der Waals surface area contributed by atoms with Gasteiger partial charge in [-0.1, -0.05) is 47.5 Å². The monoisotopic (exact) mass is 564 g/mol. The molecule has 0 aliphatic heterocycles. The molecule has 1 unspecified atom stereocenters. The van der Waals surface area contributed by atoms with Gasteiger partial charge in [0.1, 0.15) is 23.4 Å². The second kappa shape index (κ2) is 13.5. The molecule has 0 spiro atoms. The van der Waals surface area contributed by atoms with Crippen LogP contribution in [0, 0.1) is 10.1 Å². The molecular formula is C28H36N8O5. The summed E-state index contributed by atoms with van der Waals surface area (Å²) < 4.78 is 5.51. The third-order valence-electron chi connectivity index (χ3n) is 6.16. The number of nitrogens with zero attached hydrogens (tertiary/aromatic N) is 5. The van der Waals surface area contributed by atoms with Gasteiger partial charge in [-0.05, 0) is 43.2 Å². The van der Waals surface area contributed by atoms with Crippen LogP contribution < -0.4 is 11.1 Å². The Balaban J connectivity index is 1.84. The van der Waals surface area contributed by atoms with Crippen molar-refractivity contribution in [1.82, 2.24) is 10.2 Å². The van der Waals surface area contributed by atoms with Crippen LogP contribution in [-0.4, -0.2) is 38.3 Å². The SMILES string of the molecule is CCCCC(CC)OC(=O)Nc1ccc(C(N)=Nc2n[nH]c(C(C)(C)C)c2N=Nc2cc([N+](=O)[O-])ccc2O)cc1. The molecule has 1 aromatic heterocycles. The minimum absolute atomic E-state index is 0.0830. The van der Waals surface area contributed by atoms with E-state index in [0.29, 0.717) is 16.9 Å². The zero-order valence-corrected chi connectivity index (χ0v) is 23.8. The zero-order valence-electron chi connectivity index (χ0n) is 23.8. The maximum atomic E-state index is 12.3. The van der Waals surface area contributed by atoms with Crippen molar-refractivity contribution in [2.24, 2.45) is 21.0 Å². The second-order valence-corrected chi connectivity index (χ2v) is 10.4. The first-order valence-electron chi connectivity index (χ1n) is 13.3. The highest BCUT2D eigenvalue weighted by Crippen LogP contribution is 2.39. The number of nitrogens with one attached hydrogen (secondary N) is 2. The summed E-state index contributed by atoms with van der Waals surface area (Å²) in [5, 5.41) is 39.4. The lowest BCUT2D eigenvalue weighted by molar-refractivity contribution is -0.384. The number of benzene rings is 2. The fraction of sp³-hybridized carbons (Fsp3) is 0.393. The summed E-state index contributed by atoms with van der Waals surface area (Å²) in [6.45, 7) is 9.88. The number of hydrogen-bond donors (Lipinski definition) is 4. The van der Waals surface area contributed by atoms with Crippen molar-refractivity contribution in [1.29, 1.82) is 0 Å². The number of amidine groups is 1. The number of azo groups is 1. The Bertz CT molecular complexity index is 1420. The number of nitro benzene ring substituents is 1. The van der Waals surface area contributed by atoms with E-state index in [9.17, 15) is 20.0 Å². The van der Waals surface area contributed by atoms with Crippen molar-refractivity contribution >= 4 is 40.5 Å². The molecule has 13 heteroatoms. The predicted octanol–water partition coefficient (Wildman–Crippen LogP) is 7.29. The number of nitro groups is 1. The van der Waals surface area contributed by atoms with Gasteiger partial charge in [0, 0.05) is 28.8 Å². The van der Waals surface area contributed by atoms with E-state index in [1.165, 1.54) is 12.1 Å². The Morgan fingerprint density at radius 2 is 1.90 bits per heavy atom. The van der Waals surface area contributed by atoms with Gasteiger partial charge in [-0.2, -0.15) is 5.10 Å². The van der Waals surface area contributed by atoms with Crippen molar-refractivity contribution in [2.45, 2.75) is 71.8 Å². The van der Waals surface area contributed by atoms with Crippen LogP contribution in [0.4, 0.5) is 33.4 Å². The topological polar surface area (TPSA) is 193 Å². The van der Waals surface area contributed by atoms with E-state index in [0.717, 1.165) is 31.7 Å². The largest absolute Gasteiger partial charge is 0.506 e. The summed E-state index contributed by atoms with van der Waals surface area (Å²) in [7, 11) is 0. The number of hydrogen-bond acceptors (Lipinski definition) is 9. The number of rotatable bonds is 11. The van der Waals surface area contributed by atoms with Gasteiger partial charge < -0.3 is 15.6 Å². The first-order chi connectivity index (χ1) is 19.4. The maximum Gasteiger partial charge on any atom is 0.411 e. The quantitative estimate of drug-likeness (QED) is 0.0616. The van der Waals surface area contributed by atoms with E-state index in [1.807, 2.05) is 27.7 Å². The van der Waals surface area contributed by atoms with Crippen LogP contribution in [0.25, 0.3) is 0 Å². The van der Waals surface area contributed by atoms with Gasteiger partial charge >= 0.3 is 6.09 Å². The highest BCUT2D eigenvalue weighted by atomic mass is 16.6. The number of ether oxygens (including phenoxy) is 1. The van der Waals surface area contributed by atoms with Crippen LogP contribution in [0.15, 0.2) is 57.7 Å². The normalized spacial score (nSPS) is 12.9. The number of amides is 1. The number of nitrogens with two attached hydrogens (primary N) is 1. The van der Waals surface area contributed by atoms with Gasteiger partial charge in [0.05, 0.1) is 10.6 Å². The second-order valence-electron chi connectivity index (χ2n) is 10.4. The molecule has 218 valence electrons. The molecule has 1 heterocycles. The first-order valence-corrected chi connectivity index (χ1v) is 13.3. The van der Waals surface area contributed by atoms with Crippen LogP contribution in [0.2, 0.25) is 0 Å².